The number of fused-ring (bicyclic) bond motifs is 1. The molecule has 2 N–H and O–H groups in total. The smallest absolute Gasteiger partial charge is 0.336 e. The Morgan fingerprint density at radius 2 is 1.68 bits per heavy atom. The molecule has 0 saturated carbocycles. The Bertz CT molecular complexity index is 965. The van der Waals surface area contributed by atoms with Crippen LogP contribution in [0, 0.1) is 6.92 Å². The molecule has 1 aromatic carbocycles. The fourth-order valence-electron chi connectivity index (χ4n) is 2.71. The average molecular weight is 343 g/mol. The highest BCUT2D eigenvalue weighted by molar-refractivity contribution is 6.04. The van der Waals surface area contributed by atoms with E-state index in [2.05, 4.69) is 15.2 Å². The van der Waals surface area contributed by atoms with Crippen molar-refractivity contribution in [3.63, 3.8) is 0 Å². The van der Waals surface area contributed by atoms with Gasteiger partial charge in [-0.15, -0.1) is 0 Å². The molecule has 8 heteroatoms. The molecule has 0 bridgehead atoms. The van der Waals surface area contributed by atoms with E-state index in [4.69, 9.17) is 14.2 Å². The highest BCUT2D eigenvalue weighted by atomic mass is 16.5. The maximum atomic E-state index is 11.7. The Kier molecular flexibility index (Phi) is 4.18. The van der Waals surface area contributed by atoms with Gasteiger partial charge in [-0.1, -0.05) is 0 Å². The molecule has 2 aromatic heterocycles. The zero-order valence-electron chi connectivity index (χ0n) is 14.2. The quantitative estimate of drug-likeness (QED) is 0.733. The molecule has 130 valence electrons. The number of carbonyl (C=O) groups is 1. The molecular weight excluding hydrogens is 326 g/mol. The largest absolute Gasteiger partial charge is 0.496 e. The summed E-state index contributed by atoms with van der Waals surface area (Å²) in [5.74, 6) is 0.402. The third kappa shape index (κ3) is 2.71. The number of aromatic nitrogens is 3. The number of hydrogen-bond acceptors (Lipinski definition) is 6. The number of nitrogens with one attached hydrogen (secondary N) is 1. The SMILES string of the molecule is COc1cc(OC)c(-c2cc(C(=O)O)c3c(C)[nH]nc3n2)cc1OC. The van der Waals surface area contributed by atoms with Crippen LogP contribution in [0.25, 0.3) is 22.3 Å². The summed E-state index contributed by atoms with van der Waals surface area (Å²) in [4.78, 5) is 16.1. The van der Waals surface area contributed by atoms with E-state index >= 15 is 0 Å². The normalized spacial score (nSPS) is 10.7. The van der Waals surface area contributed by atoms with Crippen molar-refractivity contribution in [2.45, 2.75) is 6.92 Å². The van der Waals surface area contributed by atoms with Crippen LogP contribution in [0.2, 0.25) is 0 Å². The number of aromatic amines is 1. The minimum Gasteiger partial charge on any atom is -0.496 e. The maximum Gasteiger partial charge on any atom is 0.336 e. The highest BCUT2D eigenvalue weighted by Gasteiger charge is 2.20. The fourth-order valence-corrected chi connectivity index (χ4v) is 2.71. The fraction of sp³-hybridized carbons (Fsp3) is 0.235. The van der Waals surface area contributed by atoms with Crippen LogP contribution in [0.4, 0.5) is 0 Å². The number of carboxylic acid groups (broad SMARTS) is 1. The summed E-state index contributed by atoms with van der Waals surface area (Å²) in [6, 6.07) is 4.85. The maximum absolute atomic E-state index is 11.7. The number of carboxylic acids is 1. The van der Waals surface area contributed by atoms with E-state index < -0.39 is 5.97 Å². The predicted octanol–water partition coefficient (Wildman–Crippen LogP) is 2.66. The van der Waals surface area contributed by atoms with Crippen molar-refractivity contribution in [3.8, 4) is 28.5 Å². The standard InChI is InChI=1S/C17H17N3O5/c1-8-15-10(17(21)22)5-11(18-16(15)20-19-8)9-6-13(24-3)14(25-4)7-12(9)23-2/h5-7H,1-4H3,(H,21,22)(H,18,19,20). The van der Waals surface area contributed by atoms with Crippen LogP contribution >= 0.6 is 0 Å². The lowest BCUT2D eigenvalue weighted by atomic mass is 10.0. The molecular formula is C17H17N3O5. The van der Waals surface area contributed by atoms with Crippen LogP contribution < -0.4 is 14.2 Å². The molecule has 0 amide bonds. The first kappa shape index (κ1) is 16.6. The lowest BCUT2D eigenvalue weighted by Gasteiger charge is -2.14. The van der Waals surface area contributed by atoms with Gasteiger partial charge in [0, 0.05) is 17.3 Å². The number of rotatable bonds is 5. The molecule has 3 aromatic rings. The number of benzene rings is 1. The van der Waals surface area contributed by atoms with Gasteiger partial charge in [0.2, 0.25) is 0 Å². The van der Waals surface area contributed by atoms with Crippen molar-refractivity contribution in [1.29, 1.82) is 0 Å². The topological polar surface area (TPSA) is 107 Å². The number of H-pyrrole nitrogens is 1. The Hall–Kier alpha value is -3.29. The van der Waals surface area contributed by atoms with E-state index in [1.807, 2.05) is 0 Å². The number of pyridine rings is 1. The summed E-state index contributed by atoms with van der Waals surface area (Å²) in [6.07, 6.45) is 0. The van der Waals surface area contributed by atoms with Gasteiger partial charge in [-0.3, -0.25) is 5.10 Å². The van der Waals surface area contributed by atoms with Crippen LogP contribution in [0.3, 0.4) is 0 Å². The van der Waals surface area contributed by atoms with Gasteiger partial charge < -0.3 is 19.3 Å². The minimum atomic E-state index is -1.06. The molecule has 2 heterocycles. The van der Waals surface area contributed by atoms with E-state index in [0.29, 0.717) is 45.2 Å². The highest BCUT2D eigenvalue weighted by Crippen LogP contribution is 2.40. The van der Waals surface area contributed by atoms with Crippen molar-refractivity contribution < 1.29 is 24.1 Å². The number of nitrogens with zero attached hydrogens (tertiary/aromatic N) is 2. The second-order valence-corrected chi connectivity index (χ2v) is 5.31. The molecule has 0 aliphatic rings. The summed E-state index contributed by atoms with van der Waals surface area (Å²) >= 11 is 0. The van der Waals surface area contributed by atoms with Crippen molar-refractivity contribution in [3.05, 3.63) is 29.5 Å². The van der Waals surface area contributed by atoms with Gasteiger partial charge in [-0.25, -0.2) is 9.78 Å². The first-order chi connectivity index (χ1) is 12.0. The number of aromatic carboxylic acids is 1. The molecule has 25 heavy (non-hydrogen) atoms. The van der Waals surface area contributed by atoms with Gasteiger partial charge in [0.25, 0.3) is 0 Å². The number of aryl methyl sites for hydroxylation is 1. The van der Waals surface area contributed by atoms with Crippen molar-refractivity contribution in [2.75, 3.05) is 21.3 Å². The molecule has 0 radical (unpaired) electrons. The third-order valence-corrected chi connectivity index (χ3v) is 3.92. The van der Waals surface area contributed by atoms with Gasteiger partial charge in [-0.05, 0) is 19.1 Å². The molecule has 0 saturated heterocycles. The molecule has 3 rings (SSSR count). The Morgan fingerprint density at radius 3 is 2.28 bits per heavy atom. The van der Waals surface area contributed by atoms with Crippen LogP contribution in [0.15, 0.2) is 18.2 Å². The van der Waals surface area contributed by atoms with Gasteiger partial charge >= 0.3 is 5.97 Å². The molecule has 0 aliphatic carbocycles. The Balaban J connectivity index is 2.31. The van der Waals surface area contributed by atoms with E-state index in [-0.39, 0.29) is 5.56 Å². The van der Waals surface area contributed by atoms with Crippen molar-refractivity contribution in [1.82, 2.24) is 15.2 Å². The zero-order chi connectivity index (χ0) is 18.1. The van der Waals surface area contributed by atoms with E-state index in [1.165, 1.54) is 27.4 Å². The van der Waals surface area contributed by atoms with Crippen molar-refractivity contribution >= 4 is 17.0 Å². The first-order valence-corrected chi connectivity index (χ1v) is 7.39. The number of ether oxygens (including phenoxy) is 3. The summed E-state index contributed by atoms with van der Waals surface area (Å²) < 4.78 is 16.0. The Morgan fingerprint density at radius 1 is 1.04 bits per heavy atom. The molecule has 0 fully saturated rings. The van der Waals surface area contributed by atoms with E-state index in [0.717, 1.165) is 0 Å². The van der Waals surface area contributed by atoms with Crippen LogP contribution in [0.1, 0.15) is 16.1 Å². The summed E-state index contributed by atoms with van der Waals surface area (Å²) in [5.41, 5.74) is 2.07. The predicted molar refractivity (Wildman–Crippen MR) is 90.7 cm³/mol. The molecule has 0 atom stereocenters. The first-order valence-electron chi connectivity index (χ1n) is 7.39. The van der Waals surface area contributed by atoms with Gasteiger partial charge in [0.05, 0.1) is 38.0 Å². The van der Waals surface area contributed by atoms with Crippen LogP contribution in [0.5, 0.6) is 17.2 Å². The monoisotopic (exact) mass is 343 g/mol. The second kappa shape index (κ2) is 6.31. The lowest BCUT2D eigenvalue weighted by Crippen LogP contribution is -2.01. The third-order valence-electron chi connectivity index (χ3n) is 3.92. The summed E-state index contributed by atoms with van der Waals surface area (Å²) in [5, 5.41) is 16.9. The van der Waals surface area contributed by atoms with E-state index in [9.17, 15) is 9.90 Å². The average Bonchev–Trinajstić information content (AvgIpc) is 3.00. The van der Waals surface area contributed by atoms with Gasteiger partial charge in [0.15, 0.2) is 17.1 Å². The van der Waals surface area contributed by atoms with Crippen LogP contribution in [-0.4, -0.2) is 47.6 Å². The zero-order valence-corrected chi connectivity index (χ0v) is 14.2. The molecule has 0 unspecified atom stereocenters. The van der Waals surface area contributed by atoms with E-state index in [1.54, 1.807) is 19.1 Å². The Labute approximate surface area is 143 Å². The summed E-state index contributed by atoms with van der Waals surface area (Å²) in [7, 11) is 4.56. The van der Waals surface area contributed by atoms with Gasteiger partial charge in [0.1, 0.15) is 5.75 Å². The van der Waals surface area contributed by atoms with Gasteiger partial charge in [-0.2, -0.15) is 5.10 Å². The lowest BCUT2D eigenvalue weighted by molar-refractivity contribution is 0.0699. The molecule has 0 aliphatic heterocycles. The van der Waals surface area contributed by atoms with Crippen LogP contribution in [-0.2, 0) is 0 Å². The molecule has 0 spiro atoms. The molecule has 8 nitrogen and oxygen atoms in total. The number of methoxy groups -OCH3 is 3. The number of hydrogen-bond donors (Lipinski definition) is 2. The second-order valence-electron chi connectivity index (χ2n) is 5.31. The minimum absolute atomic E-state index is 0.114. The van der Waals surface area contributed by atoms with Crippen molar-refractivity contribution in [2.24, 2.45) is 0 Å². The summed E-state index contributed by atoms with van der Waals surface area (Å²) in [6.45, 7) is 1.75.